The predicted molar refractivity (Wildman–Crippen MR) is 141 cm³/mol. The van der Waals surface area contributed by atoms with Gasteiger partial charge in [-0.25, -0.2) is 5.01 Å². The van der Waals surface area contributed by atoms with Crippen molar-refractivity contribution in [1.29, 1.82) is 0 Å². The molecule has 0 atom stereocenters. The maximum Gasteiger partial charge on any atom is 0.253 e. The van der Waals surface area contributed by atoms with Crippen molar-refractivity contribution in [1.82, 2.24) is 19.7 Å². The van der Waals surface area contributed by atoms with Gasteiger partial charge in [0.25, 0.3) is 11.9 Å². The Kier molecular flexibility index (Phi) is 5.77. The molecular formula is C28H25ClN6O. The number of rotatable bonds is 4. The Hall–Kier alpha value is -3.97. The lowest BCUT2D eigenvalue weighted by atomic mass is 10.0. The Labute approximate surface area is 214 Å². The molecule has 6 rings (SSSR count). The van der Waals surface area contributed by atoms with E-state index < -0.39 is 0 Å². The first kappa shape index (κ1) is 22.5. The maximum absolute atomic E-state index is 12.8. The Morgan fingerprint density at radius 2 is 1.64 bits per heavy atom. The Morgan fingerprint density at radius 3 is 2.39 bits per heavy atom. The molecular weight excluding hydrogens is 472 g/mol. The first-order valence-electron chi connectivity index (χ1n) is 12.1. The normalized spacial score (nSPS) is 14.8. The number of amides is 1. The van der Waals surface area contributed by atoms with Crippen LogP contribution in [0, 0.1) is 6.92 Å². The van der Waals surface area contributed by atoms with Gasteiger partial charge in [-0.05, 0) is 55.7 Å². The first-order chi connectivity index (χ1) is 17.6. The largest absolute Gasteiger partial charge is 0.339 e. The summed E-state index contributed by atoms with van der Waals surface area (Å²) in [6.07, 6.45) is 2.16. The Balaban J connectivity index is 1.40. The van der Waals surface area contributed by atoms with Crippen LogP contribution in [0.5, 0.6) is 0 Å². The van der Waals surface area contributed by atoms with E-state index in [1.54, 1.807) is 0 Å². The number of aromatic nitrogens is 3. The van der Waals surface area contributed by atoms with Crippen LogP contribution < -0.4 is 5.01 Å². The highest BCUT2D eigenvalue weighted by molar-refractivity contribution is 6.30. The average Bonchev–Trinajstić information content (AvgIpc) is 3.55. The minimum Gasteiger partial charge on any atom is -0.339 e. The Morgan fingerprint density at radius 1 is 0.917 bits per heavy atom. The molecule has 8 heteroatoms. The smallest absolute Gasteiger partial charge is 0.253 e. The third kappa shape index (κ3) is 4.05. The summed E-state index contributed by atoms with van der Waals surface area (Å²) < 4.78 is 2.03. The van der Waals surface area contributed by atoms with E-state index in [0.717, 1.165) is 59.8 Å². The van der Waals surface area contributed by atoms with Gasteiger partial charge < -0.3 is 4.90 Å². The molecule has 0 radical (unpaired) electrons. The van der Waals surface area contributed by atoms with E-state index in [4.69, 9.17) is 16.7 Å². The zero-order chi connectivity index (χ0) is 24.6. The summed E-state index contributed by atoms with van der Waals surface area (Å²) in [4.78, 5) is 14.7. The van der Waals surface area contributed by atoms with Gasteiger partial charge in [0.15, 0.2) is 0 Å². The van der Waals surface area contributed by atoms with Crippen molar-refractivity contribution in [3.8, 4) is 5.69 Å². The number of anilines is 1. The summed E-state index contributed by atoms with van der Waals surface area (Å²) in [5.41, 5.74) is 5.47. The summed E-state index contributed by atoms with van der Waals surface area (Å²) in [6.45, 7) is 4.09. The van der Waals surface area contributed by atoms with Crippen LogP contribution in [-0.2, 0) is 6.54 Å². The van der Waals surface area contributed by atoms with Crippen molar-refractivity contribution >= 4 is 29.2 Å². The average molecular weight is 497 g/mol. The molecule has 3 aromatic carbocycles. The molecule has 0 unspecified atom stereocenters. The summed E-state index contributed by atoms with van der Waals surface area (Å²) in [6, 6.07) is 23.6. The molecule has 36 heavy (non-hydrogen) atoms. The van der Waals surface area contributed by atoms with Gasteiger partial charge in [-0.15, -0.1) is 10.2 Å². The molecule has 0 N–H and O–H groups in total. The van der Waals surface area contributed by atoms with Crippen LogP contribution in [0.15, 0.2) is 77.9 Å². The molecule has 1 fully saturated rings. The molecule has 0 aliphatic carbocycles. The summed E-state index contributed by atoms with van der Waals surface area (Å²) in [5.74, 6) is 1.52. The predicted octanol–water partition coefficient (Wildman–Crippen LogP) is 5.24. The molecule has 3 heterocycles. The number of aryl methyl sites for hydroxylation is 1. The van der Waals surface area contributed by atoms with Crippen LogP contribution in [0.4, 0.5) is 5.95 Å². The van der Waals surface area contributed by atoms with Crippen molar-refractivity contribution in [3.63, 3.8) is 0 Å². The molecule has 0 saturated carbocycles. The van der Waals surface area contributed by atoms with Crippen molar-refractivity contribution in [2.24, 2.45) is 5.10 Å². The van der Waals surface area contributed by atoms with Crippen LogP contribution >= 0.6 is 11.6 Å². The second-order valence-corrected chi connectivity index (χ2v) is 9.55. The fraction of sp³-hybridized carbons (Fsp3) is 0.214. The van der Waals surface area contributed by atoms with Gasteiger partial charge in [-0.2, -0.15) is 5.10 Å². The second-order valence-electron chi connectivity index (χ2n) is 9.11. The lowest BCUT2D eigenvalue weighted by Gasteiger charge is -2.19. The van der Waals surface area contributed by atoms with Gasteiger partial charge in [0, 0.05) is 34.8 Å². The number of fused-ring (bicyclic) bond motifs is 3. The van der Waals surface area contributed by atoms with E-state index in [9.17, 15) is 4.79 Å². The molecule has 4 aromatic rings. The first-order valence-corrected chi connectivity index (χ1v) is 12.5. The zero-order valence-corrected chi connectivity index (χ0v) is 20.7. The molecule has 1 aromatic heterocycles. The third-order valence-electron chi connectivity index (χ3n) is 6.70. The minimum atomic E-state index is 0.0997. The zero-order valence-electron chi connectivity index (χ0n) is 19.9. The molecule has 1 amide bonds. The second kappa shape index (κ2) is 9.24. The lowest BCUT2D eigenvalue weighted by molar-refractivity contribution is 0.0793. The van der Waals surface area contributed by atoms with E-state index in [-0.39, 0.29) is 5.91 Å². The van der Waals surface area contributed by atoms with E-state index in [0.29, 0.717) is 23.1 Å². The quantitative estimate of drug-likeness (QED) is 0.387. The number of likely N-dealkylation sites (tertiary alicyclic amines) is 1. The SMILES string of the molecule is Cc1nnc2n1-c1ccccc1C(c1ccc(Cl)cc1)=NN2Cc1ccc(C(=O)N2CCCC2)cc1. The molecule has 180 valence electrons. The molecule has 0 spiro atoms. The summed E-state index contributed by atoms with van der Waals surface area (Å²) in [5, 5.41) is 16.5. The number of hydrogen-bond donors (Lipinski definition) is 0. The molecule has 2 aliphatic heterocycles. The maximum atomic E-state index is 12.8. The van der Waals surface area contributed by atoms with Gasteiger partial charge in [0.2, 0.25) is 0 Å². The third-order valence-corrected chi connectivity index (χ3v) is 6.96. The van der Waals surface area contributed by atoms with Gasteiger partial charge in [0.1, 0.15) is 11.5 Å². The van der Waals surface area contributed by atoms with Gasteiger partial charge >= 0.3 is 0 Å². The van der Waals surface area contributed by atoms with Gasteiger partial charge in [0.05, 0.1) is 12.2 Å². The highest BCUT2D eigenvalue weighted by atomic mass is 35.5. The molecule has 0 bridgehead atoms. The van der Waals surface area contributed by atoms with E-state index >= 15 is 0 Å². The van der Waals surface area contributed by atoms with Gasteiger partial charge in [-0.3, -0.25) is 9.36 Å². The lowest BCUT2D eigenvalue weighted by Crippen LogP contribution is -2.27. The van der Waals surface area contributed by atoms with Crippen LogP contribution in [0.3, 0.4) is 0 Å². The van der Waals surface area contributed by atoms with Crippen LogP contribution in [-0.4, -0.2) is 44.4 Å². The standard InChI is InChI=1S/C28H25ClN6O/c1-19-30-31-28-34(18-20-8-10-22(11-9-20)27(36)33-16-4-5-17-33)32-26(21-12-14-23(29)15-13-21)24-6-2-3-7-25(24)35(19)28/h2-3,6-15H,4-5,16-18H2,1H3. The summed E-state index contributed by atoms with van der Waals surface area (Å²) >= 11 is 6.17. The van der Waals surface area contributed by atoms with Crippen LogP contribution in [0.25, 0.3) is 5.69 Å². The van der Waals surface area contributed by atoms with Gasteiger partial charge in [-0.1, -0.05) is 54.1 Å². The number of carbonyl (C=O) groups excluding carboxylic acids is 1. The highest BCUT2D eigenvalue weighted by Gasteiger charge is 2.26. The van der Waals surface area contributed by atoms with E-state index in [1.165, 1.54) is 0 Å². The number of benzene rings is 3. The number of hydrogen-bond acceptors (Lipinski definition) is 5. The minimum absolute atomic E-state index is 0.0997. The fourth-order valence-electron chi connectivity index (χ4n) is 4.84. The fourth-order valence-corrected chi connectivity index (χ4v) is 4.97. The number of halogens is 1. The molecule has 7 nitrogen and oxygen atoms in total. The molecule has 1 saturated heterocycles. The number of para-hydroxylation sites is 1. The molecule has 2 aliphatic rings. The number of hydrazone groups is 1. The number of nitrogens with zero attached hydrogens (tertiary/aromatic N) is 6. The van der Waals surface area contributed by atoms with Crippen molar-refractivity contribution in [2.75, 3.05) is 18.1 Å². The van der Waals surface area contributed by atoms with Crippen LogP contribution in [0.1, 0.15) is 45.7 Å². The van der Waals surface area contributed by atoms with Crippen molar-refractivity contribution in [3.05, 3.63) is 106 Å². The monoisotopic (exact) mass is 496 g/mol. The van der Waals surface area contributed by atoms with Crippen molar-refractivity contribution in [2.45, 2.75) is 26.3 Å². The number of carbonyl (C=O) groups is 1. The summed E-state index contributed by atoms with van der Waals surface area (Å²) in [7, 11) is 0. The van der Waals surface area contributed by atoms with E-state index in [2.05, 4.69) is 22.3 Å². The van der Waals surface area contributed by atoms with E-state index in [1.807, 2.05) is 82.1 Å². The highest BCUT2D eigenvalue weighted by Crippen LogP contribution is 2.31. The van der Waals surface area contributed by atoms with Crippen LogP contribution in [0.2, 0.25) is 5.02 Å². The topological polar surface area (TPSA) is 66.6 Å². The van der Waals surface area contributed by atoms with Crippen molar-refractivity contribution < 1.29 is 4.79 Å². The Bertz CT molecular complexity index is 1450.